The number of hydrogen-bond donors (Lipinski definition) is 2. The molecule has 0 fully saturated rings. The molecule has 8 heteroatoms. The predicted molar refractivity (Wildman–Crippen MR) is 117 cm³/mol. The second-order valence-electron chi connectivity index (χ2n) is 7.38. The zero-order valence-electron chi connectivity index (χ0n) is 17.3. The van der Waals surface area contributed by atoms with Gasteiger partial charge in [0, 0.05) is 4.88 Å². The Labute approximate surface area is 179 Å². The van der Waals surface area contributed by atoms with Crippen molar-refractivity contribution in [3.05, 3.63) is 51.4 Å². The van der Waals surface area contributed by atoms with E-state index in [1.165, 1.54) is 30.2 Å². The van der Waals surface area contributed by atoms with Gasteiger partial charge in [0.15, 0.2) is 0 Å². The zero-order valence-corrected chi connectivity index (χ0v) is 18.1. The van der Waals surface area contributed by atoms with Gasteiger partial charge in [0.1, 0.15) is 5.00 Å². The van der Waals surface area contributed by atoms with Gasteiger partial charge >= 0.3 is 17.8 Å². The monoisotopic (exact) mass is 427 g/mol. The van der Waals surface area contributed by atoms with E-state index in [1.807, 2.05) is 24.3 Å². The zero-order chi connectivity index (χ0) is 21.7. The molecule has 158 valence electrons. The number of amides is 2. The topological polar surface area (TPSA) is 96.9 Å². The van der Waals surface area contributed by atoms with Crippen molar-refractivity contribution in [3.8, 4) is 0 Å². The maximum Gasteiger partial charge on any atom is 0.341 e. The molecule has 0 aliphatic heterocycles. The molecule has 1 aromatic heterocycles. The molecule has 1 aliphatic carbocycles. The van der Waals surface area contributed by atoms with E-state index in [0.717, 1.165) is 41.7 Å². The minimum Gasteiger partial charge on any atom is -0.465 e. The third-order valence-corrected chi connectivity index (χ3v) is 6.18. The van der Waals surface area contributed by atoms with Crippen molar-refractivity contribution in [2.75, 3.05) is 12.4 Å². The van der Waals surface area contributed by atoms with Crippen LogP contribution in [0.5, 0.6) is 0 Å². The fourth-order valence-electron chi connectivity index (χ4n) is 3.32. The SMILES string of the molecule is COC(=O)c1c(NC(=O)C(=O)N/N=C/c2ccc(C(C)C)cc2)sc2c1CCCC2. The second kappa shape index (κ2) is 9.67. The number of ether oxygens (including phenoxy) is 1. The van der Waals surface area contributed by atoms with Gasteiger partial charge in [0.2, 0.25) is 0 Å². The molecule has 2 amide bonds. The summed E-state index contributed by atoms with van der Waals surface area (Å²) in [5, 5.41) is 6.74. The summed E-state index contributed by atoms with van der Waals surface area (Å²) in [4.78, 5) is 37.7. The van der Waals surface area contributed by atoms with Gasteiger partial charge in [-0.3, -0.25) is 9.59 Å². The largest absolute Gasteiger partial charge is 0.465 e. The maximum absolute atomic E-state index is 12.3. The molecule has 1 aliphatic rings. The predicted octanol–water partition coefficient (Wildman–Crippen LogP) is 3.63. The number of benzene rings is 1. The Kier molecular flexibility index (Phi) is 6.99. The molecule has 1 heterocycles. The third-order valence-electron chi connectivity index (χ3n) is 4.98. The molecule has 1 aromatic carbocycles. The van der Waals surface area contributed by atoms with E-state index in [4.69, 9.17) is 4.74 Å². The van der Waals surface area contributed by atoms with Gasteiger partial charge in [-0.15, -0.1) is 11.3 Å². The number of rotatable bonds is 5. The number of carbonyl (C=O) groups is 3. The van der Waals surface area contributed by atoms with Crippen LogP contribution in [0.4, 0.5) is 5.00 Å². The normalized spacial score (nSPS) is 13.2. The molecule has 30 heavy (non-hydrogen) atoms. The number of aryl methyl sites for hydroxylation is 1. The van der Waals surface area contributed by atoms with Crippen LogP contribution in [0.1, 0.15) is 64.5 Å². The van der Waals surface area contributed by atoms with Crippen molar-refractivity contribution in [2.45, 2.75) is 45.4 Å². The minimum absolute atomic E-state index is 0.349. The number of nitrogens with one attached hydrogen (secondary N) is 2. The van der Waals surface area contributed by atoms with Gasteiger partial charge in [-0.1, -0.05) is 38.1 Å². The molecule has 0 spiro atoms. The number of hydrazone groups is 1. The number of anilines is 1. The first-order valence-corrected chi connectivity index (χ1v) is 10.7. The smallest absolute Gasteiger partial charge is 0.341 e. The highest BCUT2D eigenvalue weighted by atomic mass is 32.1. The first-order chi connectivity index (χ1) is 14.4. The third kappa shape index (κ3) is 4.94. The lowest BCUT2D eigenvalue weighted by atomic mass is 9.95. The summed E-state index contributed by atoms with van der Waals surface area (Å²) >= 11 is 1.32. The van der Waals surface area contributed by atoms with E-state index in [1.54, 1.807) is 0 Å². The number of hydrogen-bond acceptors (Lipinski definition) is 6. The van der Waals surface area contributed by atoms with Gasteiger partial charge < -0.3 is 10.1 Å². The van der Waals surface area contributed by atoms with Crippen molar-refractivity contribution in [2.24, 2.45) is 5.10 Å². The summed E-state index contributed by atoms with van der Waals surface area (Å²) in [6.45, 7) is 4.22. The van der Waals surface area contributed by atoms with Crippen molar-refractivity contribution >= 4 is 40.3 Å². The number of methoxy groups -OCH3 is 1. The summed E-state index contributed by atoms with van der Waals surface area (Å²) in [6, 6.07) is 7.77. The lowest BCUT2D eigenvalue weighted by Crippen LogP contribution is -2.32. The molecule has 7 nitrogen and oxygen atoms in total. The number of carbonyl (C=O) groups excluding carboxylic acids is 3. The van der Waals surface area contributed by atoms with E-state index in [-0.39, 0.29) is 0 Å². The van der Waals surface area contributed by atoms with E-state index < -0.39 is 17.8 Å². The van der Waals surface area contributed by atoms with Crippen molar-refractivity contribution in [1.29, 1.82) is 0 Å². The number of fused-ring (bicyclic) bond motifs is 1. The lowest BCUT2D eigenvalue weighted by Gasteiger charge is -2.11. The van der Waals surface area contributed by atoms with Crippen LogP contribution in [0.2, 0.25) is 0 Å². The average molecular weight is 428 g/mol. The second-order valence-corrected chi connectivity index (χ2v) is 8.49. The summed E-state index contributed by atoms with van der Waals surface area (Å²) in [7, 11) is 1.30. The standard InChI is InChI=1S/C22H25N3O4S/c1-13(2)15-10-8-14(9-11-15)12-23-25-20(27)19(26)24-21-18(22(28)29-3)16-6-4-5-7-17(16)30-21/h8-13H,4-7H2,1-3H3,(H,24,26)(H,25,27)/b23-12+. The summed E-state index contributed by atoms with van der Waals surface area (Å²) < 4.78 is 4.87. The summed E-state index contributed by atoms with van der Waals surface area (Å²) in [5.41, 5.74) is 5.50. The van der Waals surface area contributed by atoms with Crippen molar-refractivity contribution in [1.82, 2.24) is 5.43 Å². The van der Waals surface area contributed by atoms with Crippen LogP contribution in [0.25, 0.3) is 0 Å². The molecular formula is C22H25N3O4S. The number of nitrogens with zero attached hydrogens (tertiary/aromatic N) is 1. The highest BCUT2D eigenvalue weighted by molar-refractivity contribution is 7.17. The Morgan fingerprint density at radius 1 is 1.10 bits per heavy atom. The van der Waals surface area contributed by atoms with Crippen LogP contribution in [0, 0.1) is 0 Å². The maximum atomic E-state index is 12.3. The molecular weight excluding hydrogens is 402 g/mol. The first kappa shape index (κ1) is 21.7. The Morgan fingerprint density at radius 2 is 1.80 bits per heavy atom. The van der Waals surface area contributed by atoms with E-state index in [2.05, 4.69) is 29.7 Å². The van der Waals surface area contributed by atoms with Crippen LogP contribution in [-0.2, 0) is 27.2 Å². The van der Waals surface area contributed by atoms with Crippen LogP contribution >= 0.6 is 11.3 Å². The molecule has 0 unspecified atom stereocenters. The van der Waals surface area contributed by atoms with E-state index in [9.17, 15) is 14.4 Å². The number of thiophene rings is 1. The fraction of sp³-hybridized carbons (Fsp3) is 0.364. The Bertz CT molecular complexity index is 977. The summed E-state index contributed by atoms with van der Waals surface area (Å²) in [5.74, 6) is -1.87. The molecule has 0 radical (unpaired) electrons. The van der Waals surface area contributed by atoms with Crippen LogP contribution in [0.15, 0.2) is 29.4 Å². The number of esters is 1. The van der Waals surface area contributed by atoms with E-state index >= 15 is 0 Å². The molecule has 0 saturated heterocycles. The van der Waals surface area contributed by atoms with Crippen molar-refractivity contribution in [3.63, 3.8) is 0 Å². The highest BCUT2D eigenvalue weighted by Crippen LogP contribution is 2.38. The Morgan fingerprint density at radius 3 is 2.47 bits per heavy atom. The molecule has 2 aromatic rings. The summed E-state index contributed by atoms with van der Waals surface area (Å²) in [6.07, 6.45) is 5.10. The minimum atomic E-state index is -0.910. The Hall–Kier alpha value is -3.00. The fourth-order valence-corrected chi connectivity index (χ4v) is 4.59. The molecule has 0 saturated carbocycles. The van der Waals surface area contributed by atoms with Crippen LogP contribution < -0.4 is 10.7 Å². The molecule has 0 bridgehead atoms. The van der Waals surface area contributed by atoms with Gasteiger partial charge in [0.25, 0.3) is 0 Å². The first-order valence-electron chi connectivity index (χ1n) is 9.88. The van der Waals surface area contributed by atoms with Crippen LogP contribution in [-0.4, -0.2) is 31.1 Å². The van der Waals surface area contributed by atoms with Gasteiger partial charge in [-0.05, 0) is 48.3 Å². The van der Waals surface area contributed by atoms with Gasteiger partial charge in [-0.2, -0.15) is 5.10 Å². The average Bonchev–Trinajstić information content (AvgIpc) is 3.11. The highest BCUT2D eigenvalue weighted by Gasteiger charge is 2.28. The lowest BCUT2D eigenvalue weighted by molar-refractivity contribution is -0.136. The molecule has 2 N–H and O–H groups in total. The van der Waals surface area contributed by atoms with Crippen molar-refractivity contribution < 1.29 is 19.1 Å². The van der Waals surface area contributed by atoms with Gasteiger partial charge in [-0.25, -0.2) is 10.2 Å². The van der Waals surface area contributed by atoms with Crippen LogP contribution in [0.3, 0.4) is 0 Å². The quantitative estimate of drug-likeness (QED) is 0.330. The van der Waals surface area contributed by atoms with Gasteiger partial charge in [0.05, 0.1) is 18.9 Å². The Balaban J connectivity index is 1.65. The molecule has 0 atom stereocenters. The van der Waals surface area contributed by atoms with E-state index in [0.29, 0.717) is 16.5 Å². The molecule has 3 rings (SSSR count).